The van der Waals surface area contributed by atoms with Crippen molar-refractivity contribution in [1.29, 1.82) is 0 Å². The second-order valence-corrected chi connectivity index (χ2v) is 4.19. The summed E-state index contributed by atoms with van der Waals surface area (Å²) in [6.45, 7) is 0.0602. The van der Waals surface area contributed by atoms with Gasteiger partial charge in [-0.05, 0) is 25.3 Å². The standard InChI is InChI=1S/C12H14F2N2O/c13-9-5-4-8(11(14)6-9)7-15-12(17)16-10-2-1-3-10/h4-6,10H,1-3,7H2,(H2,15,16,17). The number of urea groups is 1. The molecule has 0 atom stereocenters. The van der Waals surface area contributed by atoms with E-state index in [4.69, 9.17) is 0 Å². The lowest BCUT2D eigenvalue weighted by atomic mass is 9.93. The van der Waals surface area contributed by atoms with Gasteiger partial charge in [-0.3, -0.25) is 0 Å². The van der Waals surface area contributed by atoms with Crippen molar-refractivity contribution in [3.05, 3.63) is 35.4 Å². The molecular formula is C12H14F2N2O. The van der Waals surface area contributed by atoms with Gasteiger partial charge in [-0.2, -0.15) is 0 Å². The van der Waals surface area contributed by atoms with Gasteiger partial charge < -0.3 is 10.6 Å². The Balaban J connectivity index is 1.82. The highest BCUT2D eigenvalue weighted by molar-refractivity contribution is 5.74. The summed E-state index contributed by atoms with van der Waals surface area (Å²) in [7, 11) is 0. The Morgan fingerprint density at radius 3 is 2.71 bits per heavy atom. The number of hydrogen-bond donors (Lipinski definition) is 2. The van der Waals surface area contributed by atoms with Crippen molar-refractivity contribution in [2.45, 2.75) is 31.8 Å². The summed E-state index contributed by atoms with van der Waals surface area (Å²) in [5, 5.41) is 5.32. The molecule has 1 saturated carbocycles. The number of halogens is 2. The summed E-state index contributed by atoms with van der Waals surface area (Å²) in [4.78, 5) is 11.4. The van der Waals surface area contributed by atoms with Gasteiger partial charge in [-0.25, -0.2) is 13.6 Å². The average Bonchev–Trinajstić information content (AvgIpc) is 2.22. The zero-order valence-electron chi connectivity index (χ0n) is 9.30. The molecule has 0 saturated heterocycles. The van der Waals surface area contributed by atoms with Crippen LogP contribution in [0.4, 0.5) is 13.6 Å². The van der Waals surface area contributed by atoms with Gasteiger partial charge in [0.25, 0.3) is 0 Å². The van der Waals surface area contributed by atoms with Gasteiger partial charge >= 0.3 is 6.03 Å². The molecule has 0 aliphatic heterocycles. The zero-order valence-corrected chi connectivity index (χ0v) is 9.30. The van der Waals surface area contributed by atoms with E-state index in [2.05, 4.69) is 10.6 Å². The summed E-state index contributed by atoms with van der Waals surface area (Å²) in [5.74, 6) is -1.26. The third-order valence-electron chi connectivity index (χ3n) is 2.89. The molecule has 92 valence electrons. The SMILES string of the molecule is O=C(NCc1ccc(F)cc1F)NC1CCC1. The van der Waals surface area contributed by atoms with Gasteiger partial charge in [0.05, 0.1) is 0 Å². The van der Waals surface area contributed by atoms with Crippen LogP contribution in [-0.2, 0) is 6.54 Å². The molecule has 2 amide bonds. The maximum atomic E-state index is 13.2. The summed E-state index contributed by atoms with van der Waals surface area (Å²) >= 11 is 0. The van der Waals surface area contributed by atoms with E-state index in [0.717, 1.165) is 25.3 Å². The van der Waals surface area contributed by atoms with E-state index in [9.17, 15) is 13.6 Å². The molecular weight excluding hydrogens is 226 g/mol. The van der Waals surface area contributed by atoms with Gasteiger partial charge in [-0.1, -0.05) is 6.07 Å². The molecule has 1 aromatic rings. The van der Waals surface area contributed by atoms with Crippen LogP contribution in [0.25, 0.3) is 0 Å². The highest BCUT2D eigenvalue weighted by atomic mass is 19.1. The van der Waals surface area contributed by atoms with Gasteiger partial charge in [0, 0.05) is 24.2 Å². The maximum absolute atomic E-state index is 13.2. The quantitative estimate of drug-likeness (QED) is 0.836. The topological polar surface area (TPSA) is 41.1 Å². The van der Waals surface area contributed by atoms with E-state index >= 15 is 0 Å². The minimum Gasteiger partial charge on any atom is -0.335 e. The fourth-order valence-electron chi connectivity index (χ4n) is 1.63. The molecule has 1 aliphatic rings. The molecule has 2 N–H and O–H groups in total. The fourth-order valence-corrected chi connectivity index (χ4v) is 1.63. The van der Waals surface area contributed by atoms with Crippen molar-refractivity contribution in [1.82, 2.24) is 10.6 Å². The van der Waals surface area contributed by atoms with Gasteiger partial charge in [0.2, 0.25) is 0 Å². The Bertz CT molecular complexity index is 419. The molecule has 0 aromatic heterocycles. The summed E-state index contributed by atoms with van der Waals surface area (Å²) in [5.41, 5.74) is 0.273. The Hall–Kier alpha value is -1.65. The van der Waals surface area contributed by atoms with Crippen LogP contribution in [0.15, 0.2) is 18.2 Å². The highest BCUT2D eigenvalue weighted by Crippen LogP contribution is 2.17. The molecule has 1 aromatic carbocycles. The van der Waals surface area contributed by atoms with Crippen LogP contribution in [-0.4, -0.2) is 12.1 Å². The number of nitrogens with one attached hydrogen (secondary N) is 2. The third-order valence-corrected chi connectivity index (χ3v) is 2.89. The Morgan fingerprint density at radius 1 is 1.35 bits per heavy atom. The third kappa shape index (κ3) is 3.15. The van der Waals surface area contributed by atoms with E-state index in [1.165, 1.54) is 12.1 Å². The number of benzene rings is 1. The predicted molar refractivity (Wildman–Crippen MR) is 59.4 cm³/mol. The summed E-state index contributed by atoms with van der Waals surface area (Å²) in [6, 6.07) is 3.24. The normalized spacial score (nSPS) is 15.2. The molecule has 0 radical (unpaired) electrons. The number of rotatable bonds is 3. The van der Waals surface area contributed by atoms with Crippen LogP contribution >= 0.6 is 0 Å². The zero-order chi connectivity index (χ0) is 12.3. The van der Waals surface area contributed by atoms with Crippen LogP contribution in [0, 0.1) is 11.6 Å². The van der Waals surface area contributed by atoms with Gasteiger partial charge in [0.15, 0.2) is 0 Å². The number of carbonyl (C=O) groups excluding carboxylic acids is 1. The van der Waals surface area contributed by atoms with Crippen LogP contribution in [0.5, 0.6) is 0 Å². The molecule has 17 heavy (non-hydrogen) atoms. The second kappa shape index (κ2) is 5.12. The maximum Gasteiger partial charge on any atom is 0.315 e. The average molecular weight is 240 g/mol. The largest absolute Gasteiger partial charge is 0.335 e. The van der Waals surface area contributed by atoms with Crippen LogP contribution < -0.4 is 10.6 Å². The molecule has 5 heteroatoms. The summed E-state index contributed by atoms with van der Waals surface area (Å²) < 4.78 is 25.9. The van der Waals surface area contributed by atoms with Crippen molar-refractivity contribution in [3.8, 4) is 0 Å². The van der Waals surface area contributed by atoms with Crippen molar-refractivity contribution < 1.29 is 13.6 Å². The van der Waals surface area contributed by atoms with E-state index in [1.54, 1.807) is 0 Å². The molecule has 0 bridgehead atoms. The molecule has 1 fully saturated rings. The monoisotopic (exact) mass is 240 g/mol. The van der Waals surface area contributed by atoms with Crippen molar-refractivity contribution in [2.75, 3.05) is 0 Å². The Labute approximate surface area is 98.2 Å². The lowest BCUT2D eigenvalue weighted by molar-refractivity contribution is 0.228. The molecule has 0 spiro atoms. The minimum atomic E-state index is -0.644. The van der Waals surface area contributed by atoms with Crippen LogP contribution in [0.3, 0.4) is 0 Å². The van der Waals surface area contributed by atoms with E-state index in [-0.39, 0.29) is 24.2 Å². The van der Waals surface area contributed by atoms with Crippen molar-refractivity contribution >= 4 is 6.03 Å². The number of hydrogen-bond acceptors (Lipinski definition) is 1. The molecule has 1 aliphatic carbocycles. The molecule has 0 unspecified atom stereocenters. The molecule has 3 nitrogen and oxygen atoms in total. The van der Waals surface area contributed by atoms with E-state index in [1.807, 2.05) is 0 Å². The van der Waals surface area contributed by atoms with Crippen molar-refractivity contribution in [3.63, 3.8) is 0 Å². The van der Waals surface area contributed by atoms with Crippen LogP contribution in [0.1, 0.15) is 24.8 Å². The summed E-state index contributed by atoms with van der Waals surface area (Å²) in [6.07, 6.45) is 3.13. The Kier molecular flexibility index (Phi) is 3.56. The molecule has 0 heterocycles. The minimum absolute atomic E-state index is 0.0602. The first kappa shape index (κ1) is 11.8. The smallest absolute Gasteiger partial charge is 0.315 e. The predicted octanol–water partition coefficient (Wildman–Crippen LogP) is 2.32. The van der Waals surface area contributed by atoms with E-state index in [0.29, 0.717) is 0 Å². The Morgan fingerprint density at radius 2 is 2.12 bits per heavy atom. The fraction of sp³-hybridized carbons (Fsp3) is 0.417. The molecule has 2 rings (SSSR count). The first-order chi connectivity index (χ1) is 8.15. The van der Waals surface area contributed by atoms with E-state index < -0.39 is 11.6 Å². The van der Waals surface area contributed by atoms with Gasteiger partial charge in [-0.15, -0.1) is 0 Å². The van der Waals surface area contributed by atoms with Gasteiger partial charge in [0.1, 0.15) is 11.6 Å². The second-order valence-electron chi connectivity index (χ2n) is 4.19. The van der Waals surface area contributed by atoms with Crippen molar-refractivity contribution in [2.24, 2.45) is 0 Å². The highest BCUT2D eigenvalue weighted by Gasteiger charge is 2.19. The number of amides is 2. The first-order valence-corrected chi connectivity index (χ1v) is 5.63. The lowest BCUT2D eigenvalue weighted by Crippen LogP contribution is -2.44. The lowest BCUT2D eigenvalue weighted by Gasteiger charge is -2.26. The van der Waals surface area contributed by atoms with Crippen LogP contribution in [0.2, 0.25) is 0 Å². The first-order valence-electron chi connectivity index (χ1n) is 5.63. The number of carbonyl (C=O) groups is 1.